The Balaban J connectivity index is 1.16. The van der Waals surface area contributed by atoms with Crippen LogP contribution in [0.4, 0.5) is 0 Å². The zero-order valence-electron chi connectivity index (χ0n) is 19.7. The van der Waals surface area contributed by atoms with Crippen LogP contribution in [-0.4, -0.2) is 62.4 Å². The molecular weight excluding hydrogens is 470 g/mol. The van der Waals surface area contributed by atoms with E-state index in [1.54, 1.807) is 0 Å². The highest BCUT2D eigenvalue weighted by Gasteiger charge is 2.33. The molecule has 10 heteroatoms. The van der Waals surface area contributed by atoms with E-state index in [1.807, 2.05) is 0 Å². The quantitative estimate of drug-likeness (QED) is 0.457. The number of aliphatic hydroxyl groups excluding tert-OH is 1. The van der Waals surface area contributed by atoms with Gasteiger partial charge in [-0.05, 0) is 62.2 Å². The molecule has 188 valence electrons. The molecule has 3 atom stereocenters. The summed E-state index contributed by atoms with van der Waals surface area (Å²) >= 11 is 6.48. The summed E-state index contributed by atoms with van der Waals surface area (Å²) in [5, 5.41) is 17.1. The van der Waals surface area contributed by atoms with E-state index in [0.29, 0.717) is 30.7 Å². The van der Waals surface area contributed by atoms with Gasteiger partial charge in [0.2, 0.25) is 17.6 Å². The molecular formula is C25H32ClN5O4. The number of likely N-dealkylation sites (tertiary alicyclic amines) is 1. The topological polar surface area (TPSA) is 106 Å². The second kappa shape index (κ2) is 11.1. The predicted molar refractivity (Wildman–Crippen MR) is 131 cm³/mol. The van der Waals surface area contributed by atoms with Gasteiger partial charge in [0.1, 0.15) is 11.7 Å². The fourth-order valence-corrected chi connectivity index (χ4v) is 5.55. The normalized spacial score (nSPS) is 24.1. The lowest BCUT2D eigenvalue weighted by Crippen LogP contribution is -2.40. The van der Waals surface area contributed by atoms with Gasteiger partial charge in [0.25, 0.3) is 0 Å². The molecule has 5 rings (SSSR count). The minimum Gasteiger partial charge on any atom is -0.395 e. The van der Waals surface area contributed by atoms with Crippen molar-refractivity contribution in [3.8, 4) is 0 Å². The maximum absolute atomic E-state index is 12.1. The van der Waals surface area contributed by atoms with Crippen molar-refractivity contribution in [3.05, 3.63) is 48.2 Å². The number of para-hydroxylation sites is 1. The summed E-state index contributed by atoms with van der Waals surface area (Å²) in [4.78, 5) is 19.0. The van der Waals surface area contributed by atoms with Crippen LogP contribution in [0.1, 0.15) is 43.5 Å². The zero-order chi connectivity index (χ0) is 24.2. The number of aromatic nitrogens is 3. The molecule has 0 spiro atoms. The molecule has 35 heavy (non-hydrogen) atoms. The first-order valence-electron chi connectivity index (χ1n) is 12.4. The summed E-state index contributed by atoms with van der Waals surface area (Å²) < 4.78 is 13.8. The van der Waals surface area contributed by atoms with E-state index in [-0.39, 0.29) is 24.5 Å². The Morgan fingerprint density at radius 3 is 2.86 bits per heavy atom. The highest BCUT2D eigenvalue weighted by atomic mass is 35.5. The van der Waals surface area contributed by atoms with Crippen molar-refractivity contribution in [3.63, 3.8) is 0 Å². The van der Waals surface area contributed by atoms with Crippen molar-refractivity contribution in [1.82, 2.24) is 24.9 Å². The Kier molecular flexibility index (Phi) is 7.67. The summed E-state index contributed by atoms with van der Waals surface area (Å²) in [7, 11) is 0. The van der Waals surface area contributed by atoms with Crippen LogP contribution in [0.3, 0.4) is 0 Å². The number of aliphatic hydroxyl groups is 1. The van der Waals surface area contributed by atoms with Gasteiger partial charge in [0.15, 0.2) is 0 Å². The fraction of sp³-hybridized carbons (Fsp3) is 0.560. The van der Waals surface area contributed by atoms with Crippen molar-refractivity contribution < 1.29 is 19.2 Å². The largest absolute Gasteiger partial charge is 0.395 e. The predicted octanol–water partition coefficient (Wildman–Crippen LogP) is 3.08. The fourth-order valence-electron chi connectivity index (χ4n) is 5.17. The van der Waals surface area contributed by atoms with Crippen LogP contribution in [0.5, 0.6) is 0 Å². The number of hydrogen-bond donors (Lipinski definition) is 2. The number of fused-ring (bicyclic) bond motifs is 1. The molecule has 0 bridgehead atoms. The summed E-state index contributed by atoms with van der Waals surface area (Å²) in [6.45, 7) is 3.25. The van der Waals surface area contributed by atoms with Crippen LogP contribution in [0, 0.1) is 11.8 Å². The summed E-state index contributed by atoms with van der Waals surface area (Å²) in [6, 6.07) is 10.5. The molecule has 0 saturated carbocycles. The third-order valence-electron chi connectivity index (χ3n) is 7.01. The highest BCUT2D eigenvalue weighted by molar-refractivity contribution is 6.19. The van der Waals surface area contributed by atoms with E-state index >= 15 is 0 Å². The minimum atomic E-state index is -0.390. The number of rotatable bonds is 8. The van der Waals surface area contributed by atoms with E-state index in [4.69, 9.17) is 26.0 Å². The number of carbonyl (C=O) groups excluding carboxylic acids is 1. The summed E-state index contributed by atoms with van der Waals surface area (Å²) in [6.07, 6.45) is 4.93. The second-order valence-corrected chi connectivity index (χ2v) is 10.00. The monoisotopic (exact) mass is 501 g/mol. The Morgan fingerprint density at radius 1 is 1.20 bits per heavy atom. The van der Waals surface area contributed by atoms with Crippen molar-refractivity contribution in [2.75, 3.05) is 26.2 Å². The first kappa shape index (κ1) is 24.2. The Labute approximate surface area is 209 Å². The minimum absolute atomic E-state index is 0.0123. The van der Waals surface area contributed by atoms with Gasteiger partial charge in [-0.1, -0.05) is 35.0 Å². The van der Waals surface area contributed by atoms with Gasteiger partial charge in [-0.25, -0.2) is 0 Å². The molecule has 2 fully saturated rings. The van der Waals surface area contributed by atoms with Gasteiger partial charge in [0, 0.05) is 30.7 Å². The number of amides is 1. The Bertz CT molecular complexity index is 1130. The van der Waals surface area contributed by atoms with E-state index < -0.39 is 5.56 Å². The molecule has 2 aliphatic heterocycles. The average molecular weight is 502 g/mol. The first-order chi connectivity index (χ1) is 17.1. The number of ether oxygens (including phenoxy) is 1. The maximum Gasteiger partial charge on any atom is 0.240 e. The van der Waals surface area contributed by atoms with Gasteiger partial charge in [-0.15, -0.1) is 0 Å². The van der Waals surface area contributed by atoms with Crippen molar-refractivity contribution >= 4 is 28.4 Å². The van der Waals surface area contributed by atoms with Crippen LogP contribution in [0.25, 0.3) is 10.9 Å². The van der Waals surface area contributed by atoms with E-state index in [2.05, 4.69) is 61.5 Å². The molecule has 2 saturated heterocycles. The SMILES string of the molecule is O=C(NCCO)C1CCN(Cc2nc(C3CC(Cn4ccc5ccccc54)CC(Cl)O3)no2)CC1. The Morgan fingerprint density at radius 2 is 2.03 bits per heavy atom. The van der Waals surface area contributed by atoms with E-state index in [0.717, 1.165) is 45.3 Å². The molecule has 2 aliphatic rings. The van der Waals surface area contributed by atoms with E-state index in [9.17, 15) is 4.79 Å². The number of halogens is 1. The van der Waals surface area contributed by atoms with Crippen molar-refractivity contribution in [2.24, 2.45) is 11.8 Å². The van der Waals surface area contributed by atoms with Crippen LogP contribution in [0.15, 0.2) is 41.1 Å². The molecule has 3 aromatic rings. The standard InChI is InChI=1S/C25H32ClN5O4/c26-22-14-17(15-31-11-7-18-3-1-2-4-20(18)31)13-21(34-22)24-28-23(35-29-24)16-30-9-5-19(6-10-30)25(33)27-8-12-32/h1-4,7,11,17,19,21-22,32H,5-6,8-10,12-16H2,(H,27,33). The number of carbonyl (C=O) groups is 1. The maximum atomic E-state index is 12.1. The smallest absolute Gasteiger partial charge is 0.240 e. The summed E-state index contributed by atoms with van der Waals surface area (Å²) in [5.41, 5.74) is 0.830. The number of nitrogens with zero attached hydrogens (tertiary/aromatic N) is 4. The number of nitrogens with one attached hydrogen (secondary N) is 1. The van der Waals surface area contributed by atoms with Gasteiger partial charge >= 0.3 is 0 Å². The zero-order valence-corrected chi connectivity index (χ0v) is 20.4. The average Bonchev–Trinajstić information content (AvgIpc) is 3.50. The molecule has 2 N–H and O–H groups in total. The highest BCUT2D eigenvalue weighted by Crippen LogP contribution is 2.36. The van der Waals surface area contributed by atoms with Crippen LogP contribution in [0.2, 0.25) is 0 Å². The number of benzene rings is 1. The van der Waals surface area contributed by atoms with Crippen molar-refractivity contribution in [1.29, 1.82) is 0 Å². The Hall–Kier alpha value is -2.46. The van der Waals surface area contributed by atoms with Gasteiger partial charge in [-0.3, -0.25) is 9.69 Å². The molecule has 2 aromatic heterocycles. The third kappa shape index (κ3) is 5.86. The third-order valence-corrected chi connectivity index (χ3v) is 7.29. The van der Waals surface area contributed by atoms with Crippen LogP contribution < -0.4 is 5.32 Å². The number of alkyl halides is 1. The number of hydrogen-bond acceptors (Lipinski definition) is 7. The molecule has 9 nitrogen and oxygen atoms in total. The molecule has 1 amide bonds. The first-order valence-corrected chi connectivity index (χ1v) is 12.8. The van der Waals surface area contributed by atoms with Gasteiger partial charge < -0.3 is 24.3 Å². The van der Waals surface area contributed by atoms with Gasteiger partial charge in [0.05, 0.1) is 13.2 Å². The number of piperidine rings is 1. The lowest BCUT2D eigenvalue weighted by molar-refractivity contribution is -0.126. The lowest BCUT2D eigenvalue weighted by atomic mass is 9.94. The van der Waals surface area contributed by atoms with E-state index in [1.165, 1.54) is 10.9 Å². The molecule has 0 aliphatic carbocycles. The second-order valence-electron chi connectivity index (χ2n) is 9.51. The summed E-state index contributed by atoms with van der Waals surface area (Å²) in [5.74, 6) is 1.44. The molecule has 3 unspecified atom stereocenters. The van der Waals surface area contributed by atoms with Crippen LogP contribution in [-0.2, 0) is 22.6 Å². The van der Waals surface area contributed by atoms with Gasteiger partial charge in [-0.2, -0.15) is 4.98 Å². The van der Waals surface area contributed by atoms with Crippen molar-refractivity contribution in [2.45, 2.75) is 50.4 Å². The molecule has 0 radical (unpaired) electrons. The molecule has 1 aromatic carbocycles. The lowest BCUT2D eigenvalue weighted by Gasteiger charge is -2.31. The van der Waals surface area contributed by atoms with Crippen LogP contribution >= 0.6 is 11.6 Å². The molecule has 4 heterocycles.